The summed E-state index contributed by atoms with van der Waals surface area (Å²) in [4.78, 5) is 19.9. The van der Waals surface area contributed by atoms with Crippen LogP contribution >= 0.6 is 0 Å². The number of carbonyl (C=O) groups excluding carboxylic acids is 1. The summed E-state index contributed by atoms with van der Waals surface area (Å²) >= 11 is 0. The van der Waals surface area contributed by atoms with Crippen LogP contribution in [0.25, 0.3) is 0 Å². The standard InChI is InChI=1S/C36H71N3O2/c1-30(12-21-37(10)33(40)17-27-41-28-20-35(5,6)7)11-18-36(8,9)32-15-24-39(25-16-32)29-31-13-22-38(23-14-31)26-19-34(2,3)4/h30-32H,11-29H2,1-10H3. The molecule has 1 amide bonds. The van der Waals surface area contributed by atoms with E-state index in [1.165, 1.54) is 84.2 Å². The fourth-order valence-electron chi connectivity index (χ4n) is 6.48. The van der Waals surface area contributed by atoms with E-state index in [1.54, 1.807) is 0 Å². The molecule has 2 aliphatic heterocycles. The van der Waals surface area contributed by atoms with Crippen LogP contribution in [0.3, 0.4) is 0 Å². The summed E-state index contributed by atoms with van der Waals surface area (Å²) in [5.41, 5.74) is 1.14. The second-order valence-electron chi connectivity index (χ2n) is 17.1. The summed E-state index contributed by atoms with van der Waals surface area (Å²) < 4.78 is 5.70. The van der Waals surface area contributed by atoms with E-state index in [0.717, 1.165) is 37.8 Å². The number of likely N-dealkylation sites (tertiary alicyclic amines) is 2. The first-order chi connectivity index (χ1) is 19.0. The second-order valence-corrected chi connectivity index (χ2v) is 17.1. The maximum atomic E-state index is 12.5. The Morgan fingerprint density at radius 3 is 1.98 bits per heavy atom. The molecule has 0 aliphatic carbocycles. The molecule has 5 heteroatoms. The lowest BCUT2D eigenvalue weighted by molar-refractivity contribution is -0.131. The van der Waals surface area contributed by atoms with Crippen LogP contribution in [0.5, 0.6) is 0 Å². The van der Waals surface area contributed by atoms with Gasteiger partial charge < -0.3 is 19.4 Å². The predicted molar refractivity (Wildman–Crippen MR) is 176 cm³/mol. The van der Waals surface area contributed by atoms with Crippen molar-refractivity contribution in [3.05, 3.63) is 0 Å². The van der Waals surface area contributed by atoms with E-state index < -0.39 is 0 Å². The van der Waals surface area contributed by atoms with E-state index in [1.807, 2.05) is 11.9 Å². The van der Waals surface area contributed by atoms with E-state index in [-0.39, 0.29) is 11.3 Å². The minimum absolute atomic E-state index is 0.214. The van der Waals surface area contributed by atoms with E-state index in [0.29, 0.717) is 29.8 Å². The van der Waals surface area contributed by atoms with Crippen molar-refractivity contribution in [1.82, 2.24) is 14.7 Å². The van der Waals surface area contributed by atoms with Gasteiger partial charge in [0.05, 0.1) is 13.0 Å². The number of amides is 1. The zero-order chi connectivity index (χ0) is 30.7. The normalized spacial score (nSPS) is 20.0. The van der Waals surface area contributed by atoms with Gasteiger partial charge in [-0.15, -0.1) is 0 Å². The molecule has 0 aromatic heterocycles. The maximum Gasteiger partial charge on any atom is 0.224 e. The van der Waals surface area contributed by atoms with Gasteiger partial charge in [-0.3, -0.25) is 4.79 Å². The Hall–Kier alpha value is -0.650. The molecule has 1 unspecified atom stereocenters. The lowest BCUT2D eigenvalue weighted by Gasteiger charge is -2.43. The van der Waals surface area contributed by atoms with Crippen molar-refractivity contribution in [1.29, 1.82) is 0 Å². The molecule has 242 valence electrons. The third-order valence-electron chi connectivity index (χ3n) is 10.2. The highest BCUT2D eigenvalue weighted by Crippen LogP contribution is 2.40. The molecule has 2 fully saturated rings. The van der Waals surface area contributed by atoms with Gasteiger partial charge in [0, 0.05) is 26.7 Å². The summed E-state index contributed by atoms with van der Waals surface area (Å²) in [5, 5.41) is 0. The average Bonchev–Trinajstić information content (AvgIpc) is 2.89. The van der Waals surface area contributed by atoms with Crippen molar-refractivity contribution in [3.63, 3.8) is 0 Å². The Morgan fingerprint density at radius 1 is 0.805 bits per heavy atom. The number of carbonyl (C=O) groups is 1. The smallest absolute Gasteiger partial charge is 0.224 e. The Balaban J connectivity index is 1.58. The molecular formula is C36H71N3O2. The first-order valence-electron chi connectivity index (χ1n) is 17.3. The summed E-state index contributed by atoms with van der Waals surface area (Å²) in [6, 6.07) is 0. The highest BCUT2D eigenvalue weighted by Gasteiger charge is 2.33. The molecule has 0 aromatic carbocycles. The summed E-state index contributed by atoms with van der Waals surface area (Å²) in [6.07, 6.45) is 12.0. The minimum Gasteiger partial charge on any atom is -0.381 e. The Labute approximate surface area is 256 Å². The van der Waals surface area contributed by atoms with Gasteiger partial charge in [-0.25, -0.2) is 0 Å². The van der Waals surface area contributed by atoms with Crippen molar-refractivity contribution in [2.45, 2.75) is 127 Å². The average molecular weight is 578 g/mol. The molecule has 2 aliphatic rings. The number of hydrogen-bond donors (Lipinski definition) is 0. The van der Waals surface area contributed by atoms with Gasteiger partial charge in [-0.2, -0.15) is 0 Å². The Kier molecular flexibility index (Phi) is 15.1. The lowest BCUT2D eigenvalue weighted by Crippen LogP contribution is -2.43. The SMILES string of the molecule is CC(CCN(C)C(=O)CCOCCC(C)(C)C)CCC(C)(C)C1CCN(CC2CCN(CCC(C)(C)C)CC2)CC1. The third kappa shape index (κ3) is 15.6. The highest BCUT2D eigenvalue weighted by molar-refractivity contribution is 5.75. The van der Waals surface area contributed by atoms with Crippen molar-refractivity contribution < 1.29 is 9.53 Å². The molecule has 0 saturated carbocycles. The highest BCUT2D eigenvalue weighted by atomic mass is 16.5. The minimum atomic E-state index is 0.214. The van der Waals surface area contributed by atoms with Crippen LogP contribution < -0.4 is 0 Å². The maximum absolute atomic E-state index is 12.5. The van der Waals surface area contributed by atoms with Gasteiger partial charge in [0.2, 0.25) is 5.91 Å². The number of rotatable bonds is 16. The monoisotopic (exact) mass is 578 g/mol. The van der Waals surface area contributed by atoms with Crippen molar-refractivity contribution in [2.24, 2.45) is 34.0 Å². The van der Waals surface area contributed by atoms with Gasteiger partial charge in [0.15, 0.2) is 0 Å². The van der Waals surface area contributed by atoms with Crippen molar-refractivity contribution in [3.8, 4) is 0 Å². The van der Waals surface area contributed by atoms with Crippen molar-refractivity contribution in [2.75, 3.05) is 66.1 Å². The number of nitrogens with zero attached hydrogens (tertiary/aromatic N) is 3. The third-order valence-corrected chi connectivity index (χ3v) is 10.2. The molecule has 5 nitrogen and oxygen atoms in total. The zero-order valence-electron chi connectivity index (χ0n) is 29.3. The van der Waals surface area contributed by atoms with Crippen LogP contribution in [0.2, 0.25) is 0 Å². The zero-order valence-corrected chi connectivity index (χ0v) is 29.3. The lowest BCUT2D eigenvalue weighted by atomic mass is 9.70. The number of hydrogen-bond acceptors (Lipinski definition) is 4. The van der Waals surface area contributed by atoms with E-state index >= 15 is 0 Å². The second kappa shape index (κ2) is 17.0. The molecule has 0 radical (unpaired) electrons. The topological polar surface area (TPSA) is 36.0 Å². The molecule has 2 heterocycles. The number of ether oxygens (including phenoxy) is 1. The van der Waals surface area contributed by atoms with Gasteiger partial charge in [0.25, 0.3) is 0 Å². The molecule has 0 N–H and O–H groups in total. The molecule has 2 saturated heterocycles. The quantitative estimate of drug-likeness (QED) is 0.174. The first kappa shape index (κ1) is 36.5. The summed E-state index contributed by atoms with van der Waals surface area (Å²) in [6.45, 7) is 31.1. The fraction of sp³-hybridized carbons (Fsp3) is 0.972. The molecular weight excluding hydrogens is 506 g/mol. The van der Waals surface area contributed by atoms with E-state index in [4.69, 9.17) is 4.74 Å². The Morgan fingerprint density at radius 2 is 1.39 bits per heavy atom. The summed E-state index contributed by atoms with van der Waals surface area (Å²) in [7, 11) is 1.96. The molecule has 2 rings (SSSR count). The van der Waals surface area contributed by atoms with E-state index in [2.05, 4.69) is 72.1 Å². The van der Waals surface area contributed by atoms with E-state index in [9.17, 15) is 4.79 Å². The van der Waals surface area contributed by atoms with Crippen LogP contribution in [0.4, 0.5) is 0 Å². The van der Waals surface area contributed by atoms with Crippen LogP contribution in [-0.4, -0.2) is 86.7 Å². The van der Waals surface area contributed by atoms with Gasteiger partial charge in [-0.1, -0.05) is 68.7 Å². The molecule has 0 aromatic rings. The summed E-state index contributed by atoms with van der Waals surface area (Å²) in [5.74, 6) is 2.61. The molecule has 1 atom stereocenters. The van der Waals surface area contributed by atoms with Crippen LogP contribution in [0.1, 0.15) is 127 Å². The van der Waals surface area contributed by atoms with Crippen LogP contribution in [0.15, 0.2) is 0 Å². The fourth-order valence-corrected chi connectivity index (χ4v) is 6.48. The molecule has 41 heavy (non-hydrogen) atoms. The Bertz CT molecular complexity index is 722. The molecule has 0 bridgehead atoms. The van der Waals surface area contributed by atoms with Crippen LogP contribution in [-0.2, 0) is 9.53 Å². The van der Waals surface area contributed by atoms with Crippen LogP contribution in [0, 0.1) is 34.0 Å². The largest absolute Gasteiger partial charge is 0.381 e. The van der Waals surface area contributed by atoms with Crippen molar-refractivity contribution >= 4 is 5.91 Å². The predicted octanol–water partition coefficient (Wildman–Crippen LogP) is 7.98. The molecule has 0 spiro atoms. The number of piperidine rings is 2. The first-order valence-corrected chi connectivity index (χ1v) is 17.3. The van der Waals surface area contributed by atoms with Gasteiger partial charge >= 0.3 is 0 Å². The van der Waals surface area contributed by atoms with Gasteiger partial charge in [-0.05, 0) is 118 Å². The van der Waals surface area contributed by atoms with Gasteiger partial charge in [0.1, 0.15) is 0 Å².